The summed E-state index contributed by atoms with van der Waals surface area (Å²) in [6.07, 6.45) is 0.630. The van der Waals surface area contributed by atoms with Crippen LogP contribution in [0.1, 0.15) is 28.6 Å². The topological polar surface area (TPSA) is 81.3 Å². The van der Waals surface area contributed by atoms with Crippen molar-refractivity contribution in [3.63, 3.8) is 0 Å². The van der Waals surface area contributed by atoms with E-state index in [9.17, 15) is 18.8 Å². The fourth-order valence-electron chi connectivity index (χ4n) is 4.96. The number of hydrogen-bond donors (Lipinski definition) is 1. The van der Waals surface area contributed by atoms with Crippen molar-refractivity contribution in [1.29, 1.82) is 0 Å². The fourth-order valence-corrected chi connectivity index (χ4v) is 4.96. The minimum Gasteiger partial charge on any atom is -0.453 e. The van der Waals surface area contributed by atoms with Crippen LogP contribution in [-0.4, -0.2) is 61.8 Å². The molecule has 8 heteroatoms. The van der Waals surface area contributed by atoms with Crippen LogP contribution in [0.15, 0.2) is 59.0 Å². The second-order valence-corrected chi connectivity index (χ2v) is 8.79. The van der Waals surface area contributed by atoms with E-state index in [0.717, 1.165) is 25.0 Å². The number of carbonyl (C=O) groups is 3. The van der Waals surface area contributed by atoms with Gasteiger partial charge in [-0.3, -0.25) is 14.4 Å². The Morgan fingerprint density at radius 3 is 2.56 bits per heavy atom. The summed E-state index contributed by atoms with van der Waals surface area (Å²) in [6, 6.07) is 13.7. The Labute approximate surface area is 196 Å². The first kappa shape index (κ1) is 22.4. The van der Waals surface area contributed by atoms with Crippen LogP contribution in [0.2, 0.25) is 0 Å². The van der Waals surface area contributed by atoms with E-state index in [4.69, 9.17) is 9.15 Å². The zero-order chi connectivity index (χ0) is 23.7. The highest BCUT2D eigenvalue weighted by Gasteiger charge is 2.52. The molecule has 1 aromatic heterocycles. The summed E-state index contributed by atoms with van der Waals surface area (Å²) in [5.41, 5.74) is 0.672. The van der Waals surface area contributed by atoms with Crippen LogP contribution in [0.5, 0.6) is 0 Å². The second-order valence-electron chi connectivity index (χ2n) is 8.79. The van der Waals surface area contributed by atoms with Gasteiger partial charge in [-0.15, -0.1) is 0 Å². The van der Waals surface area contributed by atoms with Gasteiger partial charge in [0.15, 0.2) is 5.76 Å². The molecule has 0 bridgehead atoms. The number of Topliss-reactive ketones (excluding diaryl/α,β-unsaturated/α-hetero) is 2. The van der Waals surface area contributed by atoms with Gasteiger partial charge in [-0.2, -0.15) is 0 Å². The summed E-state index contributed by atoms with van der Waals surface area (Å²) < 4.78 is 26.0. The van der Waals surface area contributed by atoms with E-state index in [2.05, 4.69) is 0 Å². The number of para-hydroxylation sites is 1. The van der Waals surface area contributed by atoms with Gasteiger partial charge in [-0.1, -0.05) is 36.4 Å². The van der Waals surface area contributed by atoms with Gasteiger partial charge >= 0.3 is 0 Å². The number of likely N-dealkylation sites (tertiary alicyclic amines) is 1. The first-order valence-corrected chi connectivity index (χ1v) is 11.6. The smallest absolute Gasteiger partial charge is 0.291 e. The lowest BCUT2D eigenvalue weighted by atomic mass is 9.88. The first-order valence-electron chi connectivity index (χ1n) is 11.6. The Kier molecular flexibility index (Phi) is 6.26. The fraction of sp³-hybridized carbons (Fsp3) is 0.346. The summed E-state index contributed by atoms with van der Waals surface area (Å²) in [7, 11) is 0. The summed E-state index contributed by atoms with van der Waals surface area (Å²) in [5.74, 6) is -4.10. The van der Waals surface area contributed by atoms with Crippen LogP contribution in [-0.2, 0) is 14.3 Å². The Morgan fingerprint density at radius 1 is 1.06 bits per heavy atom. The van der Waals surface area contributed by atoms with E-state index in [1.54, 1.807) is 36.4 Å². The molecule has 2 aliphatic rings. The maximum absolute atomic E-state index is 14.9. The minimum absolute atomic E-state index is 0.00620. The number of benzene rings is 2. The normalized spacial score (nSPS) is 21.5. The van der Waals surface area contributed by atoms with Crippen LogP contribution in [0, 0.1) is 11.7 Å². The highest BCUT2D eigenvalue weighted by Crippen LogP contribution is 2.39. The number of hydrogen-bond acceptors (Lipinski definition) is 5. The predicted molar refractivity (Wildman–Crippen MR) is 121 cm³/mol. The molecule has 176 valence electrons. The largest absolute Gasteiger partial charge is 0.453 e. The van der Waals surface area contributed by atoms with Gasteiger partial charge in [-0.05, 0) is 18.2 Å². The maximum atomic E-state index is 14.9. The Morgan fingerprint density at radius 2 is 1.79 bits per heavy atom. The van der Waals surface area contributed by atoms with E-state index < -0.39 is 35.3 Å². The van der Waals surface area contributed by atoms with Crippen molar-refractivity contribution in [3.8, 4) is 0 Å². The summed E-state index contributed by atoms with van der Waals surface area (Å²) in [5, 5.41) is 0.718. The average Bonchev–Trinajstić information content (AvgIpc) is 3.40. The maximum Gasteiger partial charge on any atom is 0.291 e. The number of furan rings is 1. The van der Waals surface area contributed by atoms with Crippen molar-refractivity contribution in [2.45, 2.75) is 12.5 Å². The number of amides is 1. The summed E-state index contributed by atoms with van der Waals surface area (Å²) in [4.78, 5) is 42.4. The number of quaternary nitrogens is 1. The molecule has 34 heavy (non-hydrogen) atoms. The molecule has 2 fully saturated rings. The van der Waals surface area contributed by atoms with Gasteiger partial charge in [0, 0.05) is 23.9 Å². The number of ketones is 2. The van der Waals surface area contributed by atoms with Crippen molar-refractivity contribution in [2.24, 2.45) is 5.92 Å². The quantitative estimate of drug-likeness (QED) is 0.327. The third-order valence-electron chi connectivity index (χ3n) is 6.71. The number of nitrogens with zero attached hydrogens (tertiary/aromatic N) is 1. The van der Waals surface area contributed by atoms with Gasteiger partial charge < -0.3 is 19.0 Å². The van der Waals surface area contributed by atoms with Crippen LogP contribution in [0.3, 0.4) is 0 Å². The highest BCUT2D eigenvalue weighted by molar-refractivity contribution is 6.43. The van der Waals surface area contributed by atoms with Crippen molar-refractivity contribution in [2.75, 3.05) is 39.4 Å². The number of morpholine rings is 1. The number of halogens is 1. The zero-order valence-corrected chi connectivity index (χ0v) is 18.7. The monoisotopic (exact) mass is 465 g/mol. The van der Waals surface area contributed by atoms with Gasteiger partial charge in [0.1, 0.15) is 30.4 Å². The lowest BCUT2D eigenvalue weighted by Crippen LogP contribution is -3.14. The number of nitrogens with one attached hydrogen (secondary N) is 1. The van der Waals surface area contributed by atoms with Gasteiger partial charge in [0.05, 0.1) is 25.8 Å². The Bertz CT molecular complexity index is 1200. The average molecular weight is 466 g/mol. The lowest BCUT2D eigenvalue weighted by molar-refractivity contribution is -0.908. The Hall–Kier alpha value is -3.36. The SMILES string of the molecule is O=C1C(=O)N(CCC[NH+]2CCOCC2)C(c2ccccc2F)C1C(=O)c1cc2ccccc2o1. The molecule has 1 N–H and O–H groups in total. The number of fused-ring (bicyclic) bond motifs is 1. The molecule has 0 aliphatic carbocycles. The predicted octanol–water partition coefficient (Wildman–Crippen LogP) is 1.83. The first-order chi connectivity index (χ1) is 16.5. The molecule has 2 aliphatic heterocycles. The molecule has 3 aromatic rings. The van der Waals surface area contributed by atoms with Gasteiger partial charge in [-0.25, -0.2) is 4.39 Å². The van der Waals surface area contributed by atoms with E-state index in [0.29, 0.717) is 25.2 Å². The number of carbonyl (C=O) groups excluding carboxylic acids is 3. The van der Waals surface area contributed by atoms with Crippen molar-refractivity contribution in [1.82, 2.24) is 4.90 Å². The molecule has 2 unspecified atom stereocenters. The Balaban J connectivity index is 1.45. The molecular weight excluding hydrogens is 439 g/mol. The molecule has 0 radical (unpaired) electrons. The van der Waals surface area contributed by atoms with Crippen LogP contribution >= 0.6 is 0 Å². The van der Waals surface area contributed by atoms with Crippen LogP contribution in [0.4, 0.5) is 4.39 Å². The molecule has 1 amide bonds. The molecule has 0 spiro atoms. The number of ether oxygens (including phenoxy) is 1. The third kappa shape index (κ3) is 4.15. The van der Waals surface area contributed by atoms with Crippen molar-refractivity contribution in [3.05, 3.63) is 71.7 Å². The van der Waals surface area contributed by atoms with Crippen molar-refractivity contribution < 1.29 is 32.8 Å². The molecular formula is C26H26FN2O5+. The molecule has 2 aromatic carbocycles. The summed E-state index contributed by atoms with van der Waals surface area (Å²) >= 11 is 0. The van der Waals surface area contributed by atoms with E-state index in [1.807, 2.05) is 6.07 Å². The van der Waals surface area contributed by atoms with Crippen LogP contribution in [0.25, 0.3) is 11.0 Å². The van der Waals surface area contributed by atoms with E-state index in [-0.39, 0.29) is 17.9 Å². The number of rotatable bonds is 7. The molecule has 2 atom stereocenters. The van der Waals surface area contributed by atoms with Gasteiger partial charge in [0.2, 0.25) is 11.6 Å². The third-order valence-corrected chi connectivity index (χ3v) is 6.71. The molecule has 7 nitrogen and oxygen atoms in total. The van der Waals surface area contributed by atoms with Gasteiger partial charge in [0.25, 0.3) is 5.91 Å². The molecule has 5 rings (SSSR count). The minimum atomic E-state index is -1.36. The van der Waals surface area contributed by atoms with Crippen LogP contribution < -0.4 is 4.90 Å². The lowest BCUT2D eigenvalue weighted by Gasteiger charge is -2.28. The van der Waals surface area contributed by atoms with Crippen molar-refractivity contribution >= 4 is 28.4 Å². The van der Waals surface area contributed by atoms with E-state index in [1.165, 1.54) is 21.9 Å². The molecule has 2 saturated heterocycles. The molecule has 0 saturated carbocycles. The summed E-state index contributed by atoms with van der Waals surface area (Å²) in [6.45, 7) is 4.23. The molecule has 3 heterocycles. The second kappa shape index (κ2) is 9.48. The standard InChI is InChI=1S/C26H25FN2O5/c27-19-8-3-2-7-18(19)23-22(24(30)21-16-17-6-1-4-9-20(17)34-21)25(31)26(32)29(23)11-5-10-28-12-14-33-15-13-28/h1-4,6-9,16,22-23H,5,10-15H2/p+1. The zero-order valence-electron chi connectivity index (χ0n) is 18.7. The van der Waals surface area contributed by atoms with E-state index >= 15 is 0 Å². The highest BCUT2D eigenvalue weighted by atomic mass is 19.1.